The molecule has 28 heavy (non-hydrogen) atoms. The number of fused-ring (bicyclic) bond motifs is 1. The second-order valence-electron chi connectivity index (χ2n) is 5.78. The fraction of sp³-hybridized carbons (Fsp3) is 0. The maximum atomic E-state index is 12.9. The average molecular weight is 394 g/mol. The molecule has 2 heterocycles. The Balaban J connectivity index is 1.70. The predicted octanol–water partition coefficient (Wildman–Crippen LogP) is 2.92. The zero-order valence-electron chi connectivity index (χ0n) is 14.2. The minimum atomic E-state index is -0.494. The minimum Gasteiger partial charge on any atom is -0.266 e. The van der Waals surface area contributed by atoms with Crippen molar-refractivity contribution in [2.75, 3.05) is 0 Å². The van der Waals surface area contributed by atoms with Crippen LogP contribution in [0.1, 0.15) is 17.0 Å². The molecule has 0 atom stereocenters. The van der Waals surface area contributed by atoms with Crippen molar-refractivity contribution >= 4 is 40.2 Å². The molecule has 0 spiro atoms. The van der Waals surface area contributed by atoms with E-state index in [9.17, 15) is 19.3 Å². The molecule has 2 aromatic carbocycles. The SMILES string of the molecule is O=c1/c(=C\c2ccccc2[N+](=O)[O-])sc2nc(/C=C/c3ccc(F)cc3)nn12. The standard InChI is InChI=1S/C19H11FN4O3S/c20-14-8-5-12(6-9-14)7-10-17-21-19-23(22-17)18(25)16(28-19)11-13-3-1-2-4-15(13)24(26)27/h1-11H/b10-7+,16-11+. The lowest BCUT2D eigenvalue weighted by Gasteiger charge is -1.94. The molecule has 2 aromatic heterocycles. The van der Waals surface area contributed by atoms with Crippen LogP contribution >= 0.6 is 11.3 Å². The van der Waals surface area contributed by atoms with Crippen molar-refractivity contribution in [3.05, 3.63) is 96.3 Å². The Hall–Kier alpha value is -3.72. The van der Waals surface area contributed by atoms with Gasteiger partial charge in [-0.3, -0.25) is 14.9 Å². The lowest BCUT2D eigenvalue weighted by Crippen LogP contribution is -2.23. The summed E-state index contributed by atoms with van der Waals surface area (Å²) in [5, 5.41) is 15.3. The number of nitro groups is 1. The van der Waals surface area contributed by atoms with Gasteiger partial charge >= 0.3 is 0 Å². The maximum absolute atomic E-state index is 12.9. The highest BCUT2D eigenvalue weighted by Crippen LogP contribution is 2.18. The van der Waals surface area contributed by atoms with Gasteiger partial charge in [0.05, 0.1) is 15.0 Å². The third-order valence-corrected chi connectivity index (χ3v) is 4.87. The monoisotopic (exact) mass is 394 g/mol. The van der Waals surface area contributed by atoms with Crippen LogP contribution in [0.15, 0.2) is 53.3 Å². The van der Waals surface area contributed by atoms with Crippen molar-refractivity contribution in [1.82, 2.24) is 14.6 Å². The minimum absolute atomic E-state index is 0.0798. The van der Waals surface area contributed by atoms with Gasteiger partial charge in [-0.25, -0.2) is 4.39 Å². The fourth-order valence-electron chi connectivity index (χ4n) is 2.58. The molecule has 0 N–H and O–H groups in total. The van der Waals surface area contributed by atoms with Crippen molar-refractivity contribution in [3.8, 4) is 0 Å². The molecular weight excluding hydrogens is 383 g/mol. The summed E-state index contributed by atoms with van der Waals surface area (Å²) in [5.41, 5.74) is 0.633. The molecular formula is C19H11FN4O3S. The third-order valence-electron chi connectivity index (χ3n) is 3.91. The zero-order valence-corrected chi connectivity index (χ0v) is 15.0. The van der Waals surface area contributed by atoms with Gasteiger partial charge in [0.1, 0.15) is 5.82 Å². The first-order valence-electron chi connectivity index (χ1n) is 8.09. The molecule has 0 fully saturated rings. The number of nitrogens with zero attached hydrogens (tertiary/aromatic N) is 4. The Morgan fingerprint density at radius 3 is 2.57 bits per heavy atom. The van der Waals surface area contributed by atoms with Gasteiger partial charge in [0.25, 0.3) is 11.2 Å². The van der Waals surface area contributed by atoms with Gasteiger partial charge in [0.2, 0.25) is 4.96 Å². The normalized spacial score (nSPS) is 12.2. The topological polar surface area (TPSA) is 90.4 Å². The van der Waals surface area contributed by atoms with Crippen LogP contribution in [0.5, 0.6) is 0 Å². The van der Waals surface area contributed by atoms with E-state index in [0.29, 0.717) is 20.9 Å². The number of aromatic nitrogens is 3. The van der Waals surface area contributed by atoms with Crippen molar-refractivity contribution in [1.29, 1.82) is 0 Å². The van der Waals surface area contributed by atoms with Crippen LogP contribution < -0.4 is 10.1 Å². The Morgan fingerprint density at radius 1 is 1.11 bits per heavy atom. The summed E-state index contributed by atoms with van der Waals surface area (Å²) in [6, 6.07) is 12.1. The molecule has 4 rings (SSSR count). The van der Waals surface area contributed by atoms with Crippen molar-refractivity contribution in [2.45, 2.75) is 0 Å². The van der Waals surface area contributed by atoms with Crippen molar-refractivity contribution in [3.63, 3.8) is 0 Å². The van der Waals surface area contributed by atoms with Crippen LogP contribution in [0.2, 0.25) is 0 Å². The van der Waals surface area contributed by atoms with Gasteiger partial charge in [-0.1, -0.05) is 41.7 Å². The molecule has 0 amide bonds. The predicted molar refractivity (Wildman–Crippen MR) is 104 cm³/mol. The highest BCUT2D eigenvalue weighted by atomic mass is 32.1. The quantitative estimate of drug-likeness (QED) is 0.392. The van der Waals surface area contributed by atoms with Gasteiger partial charge in [0.15, 0.2) is 5.82 Å². The number of benzene rings is 2. The molecule has 0 aliphatic heterocycles. The molecule has 138 valence electrons. The van der Waals surface area contributed by atoms with Crippen molar-refractivity contribution < 1.29 is 9.31 Å². The van der Waals surface area contributed by atoms with E-state index in [4.69, 9.17) is 0 Å². The van der Waals surface area contributed by atoms with Gasteiger partial charge in [-0.05, 0) is 35.9 Å². The molecule has 0 bridgehead atoms. The zero-order chi connectivity index (χ0) is 19.7. The fourth-order valence-corrected chi connectivity index (χ4v) is 3.49. The highest BCUT2D eigenvalue weighted by molar-refractivity contribution is 7.15. The number of para-hydroxylation sites is 1. The van der Waals surface area contributed by atoms with E-state index in [2.05, 4.69) is 10.1 Å². The maximum Gasteiger partial charge on any atom is 0.291 e. The third kappa shape index (κ3) is 3.42. The molecule has 0 radical (unpaired) electrons. The average Bonchev–Trinajstić information content (AvgIpc) is 3.21. The summed E-state index contributed by atoms with van der Waals surface area (Å²) >= 11 is 1.10. The van der Waals surface area contributed by atoms with E-state index >= 15 is 0 Å². The van der Waals surface area contributed by atoms with Crippen molar-refractivity contribution in [2.24, 2.45) is 0 Å². The van der Waals surface area contributed by atoms with E-state index in [0.717, 1.165) is 21.4 Å². The molecule has 4 aromatic rings. The molecule has 9 heteroatoms. The second kappa shape index (κ2) is 7.12. The van der Waals surface area contributed by atoms with Gasteiger partial charge in [-0.2, -0.15) is 9.50 Å². The second-order valence-corrected chi connectivity index (χ2v) is 6.79. The van der Waals surface area contributed by atoms with E-state index < -0.39 is 10.5 Å². The summed E-state index contributed by atoms with van der Waals surface area (Å²) in [7, 11) is 0. The number of halogens is 1. The highest BCUT2D eigenvalue weighted by Gasteiger charge is 2.13. The lowest BCUT2D eigenvalue weighted by atomic mass is 10.2. The number of nitro benzene ring substituents is 1. The van der Waals surface area contributed by atoms with Gasteiger partial charge < -0.3 is 0 Å². The summed E-state index contributed by atoms with van der Waals surface area (Å²) in [6.07, 6.45) is 4.80. The Kier molecular flexibility index (Phi) is 4.50. The number of rotatable bonds is 4. The first-order valence-corrected chi connectivity index (χ1v) is 8.91. The van der Waals surface area contributed by atoms with Crippen LogP contribution in [0, 0.1) is 15.9 Å². The molecule has 0 saturated carbocycles. The summed E-state index contributed by atoms with van der Waals surface area (Å²) in [4.78, 5) is 27.8. The van der Waals surface area contributed by atoms with E-state index in [-0.39, 0.29) is 11.5 Å². The lowest BCUT2D eigenvalue weighted by molar-refractivity contribution is -0.385. The number of hydrogen-bond acceptors (Lipinski definition) is 6. The summed E-state index contributed by atoms with van der Waals surface area (Å²) < 4.78 is 14.4. The van der Waals surface area contributed by atoms with Crippen LogP contribution in [0.3, 0.4) is 0 Å². The summed E-state index contributed by atoms with van der Waals surface area (Å²) in [6.45, 7) is 0. The largest absolute Gasteiger partial charge is 0.291 e. The van der Waals surface area contributed by atoms with Crippen LogP contribution in [-0.4, -0.2) is 19.5 Å². The molecule has 7 nitrogen and oxygen atoms in total. The van der Waals surface area contributed by atoms with Gasteiger partial charge in [0, 0.05) is 6.07 Å². The Bertz CT molecular complexity index is 1330. The number of hydrogen-bond donors (Lipinski definition) is 0. The molecule has 0 aliphatic carbocycles. The number of thiazole rings is 1. The van der Waals surface area contributed by atoms with E-state index in [1.807, 2.05) is 0 Å². The molecule has 0 unspecified atom stereocenters. The Morgan fingerprint density at radius 2 is 1.86 bits per heavy atom. The first-order chi connectivity index (χ1) is 13.5. The van der Waals surface area contributed by atoms with E-state index in [1.54, 1.807) is 42.5 Å². The van der Waals surface area contributed by atoms with Crippen LogP contribution in [0.4, 0.5) is 10.1 Å². The van der Waals surface area contributed by atoms with E-state index in [1.165, 1.54) is 24.3 Å². The molecule has 0 aliphatic rings. The molecule has 0 saturated heterocycles. The van der Waals surface area contributed by atoms with Crippen LogP contribution in [0.25, 0.3) is 23.2 Å². The van der Waals surface area contributed by atoms with Crippen LogP contribution in [-0.2, 0) is 0 Å². The first kappa shape index (κ1) is 17.7. The summed E-state index contributed by atoms with van der Waals surface area (Å²) in [5.74, 6) is 0.0149. The Labute approximate surface area is 160 Å². The van der Waals surface area contributed by atoms with Gasteiger partial charge in [-0.15, -0.1) is 5.10 Å². The smallest absolute Gasteiger partial charge is 0.266 e.